The first-order chi connectivity index (χ1) is 15.4. The lowest BCUT2D eigenvalue weighted by Gasteiger charge is -1.88. The molecule has 0 N–H and O–H groups in total. The normalized spacial score (nSPS) is 10.6. The minimum atomic E-state index is 0.956. The van der Waals surface area contributed by atoms with Gasteiger partial charge >= 0.3 is 0 Å². The molecule has 0 aliphatic carbocycles. The molecule has 0 radical (unpaired) electrons. The van der Waals surface area contributed by atoms with Gasteiger partial charge < -0.3 is 8.83 Å². The van der Waals surface area contributed by atoms with Crippen molar-refractivity contribution in [3.8, 4) is 0 Å². The van der Waals surface area contributed by atoms with Gasteiger partial charge in [-0.15, -0.1) is 11.3 Å². The highest BCUT2D eigenvalue weighted by Gasteiger charge is 2.01. The Hall–Kier alpha value is -3.82. The summed E-state index contributed by atoms with van der Waals surface area (Å²) in [6.45, 7) is 0. The minimum Gasteiger partial charge on any atom is -0.464 e. The highest BCUT2D eigenvalue weighted by Crippen LogP contribution is 2.32. The van der Waals surface area contributed by atoms with E-state index in [1.54, 1.807) is 12.5 Å². The van der Waals surface area contributed by atoms with Crippen LogP contribution in [0.15, 0.2) is 131 Å². The molecule has 3 heteroatoms. The van der Waals surface area contributed by atoms with E-state index in [9.17, 15) is 0 Å². The van der Waals surface area contributed by atoms with Crippen LogP contribution in [0, 0.1) is 0 Å². The van der Waals surface area contributed by atoms with Crippen molar-refractivity contribution in [1.29, 1.82) is 0 Å². The summed E-state index contributed by atoms with van der Waals surface area (Å²) < 4.78 is 13.0. The van der Waals surface area contributed by atoms with E-state index in [1.807, 2.05) is 72.0 Å². The Bertz CT molecular complexity index is 1370. The maximum absolute atomic E-state index is 5.12. The molecule has 0 atom stereocenters. The zero-order valence-electron chi connectivity index (χ0n) is 16.8. The molecular weight excluding hydrogens is 400 g/mol. The van der Waals surface area contributed by atoms with Crippen LogP contribution in [-0.2, 0) is 0 Å². The summed E-state index contributed by atoms with van der Waals surface area (Å²) in [6.07, 6.45) is 3.40. The monoisotopic (exact) mass is 420 g/mol. The lowest BCUT2D eigenvalue weighted by atomic mass is 10.2. The number of benzene rings is 4. The van der Waals surface area contributed by atoms with Gasteiger partial charge in [0.1, 0.15) is 11.2 Å². The SMILES string of the molecule is c1ccc2c(c1)sc1ccccc12.c1ccc2occc2c1.c1ccc2occc2c1. The average molecular weight is 421 g/mol. The fourth-order valence-electron chi connectivity index (χ4n) is 3.49. The third-order valence-corrected chi connectivity index (χ3v) is 6.16. The van der Waals surface area contributed by atoms with Crippen LogP contribution in [-0.4, -0.2) is 0 Å². The fourth-order valence-corrected chi connectivity index (χ4v) is 4.59. The lowest BCUT2D eigenvalue weighted by Crippen LogP contribution is -1.62. The molecule has 2 nitrogen and oxygen atoms in total. The smallest absolute Gasteiger partial charge is 0.133 e. The van der Waals surface area contributed by atoms with Crippen LogP contribution in [0.3, 0.4) is 0 Å². The zero-order valence-corrected chi connectivity index (χ0v) is 17.6. The number of hydrogen-bond acceptors (Lipinski definition) is 3. The molecule has 0 fully saturated rings. The summed E-state index contributed by atoms with van der Waals surface area (Å²) in [5.41, 5.74) is 1.91. The predicted octanol–water partition coefficient (Wildman–Crippen LogP) is 8.92. The van der Waals surface area contributed by atoms with Crippen LogP contribution in [0.2, 0.25) is 0 Å². The first kappa shape index (κ1) is 19.2. The second-order valence-corrected chi connectivity index (χ2v) is 8.10. The number of para-hydroxylation sites is 2. The van der Waals surface area contributed by atoms with Gasteiger partial charge in [-0.3, -0.25) is 0 Å². The molecule has 150 valence electrons. The lowest BCUT2D eigenvalue weighted by molar-refractivity contribution is 0.615. The minimum absolute atomic E-state index is 0.956. The molecule has 0 unspecified atom stereocenters. The highest BCUT2D eigenvalue weighted by atomic mass is 32.1. The van der Waals surface area contributed by atoms with Crippen molar-refractivity contribution < 1.29 is 8.83 Å². The first-order valence-corrected chi connectivity index (χ1v) is 10.9. The standard InChI is InChI=1S/C12H8S.2C8H6O/c1-3-7-11-9(5-1)10-6-2-4-8-12(10)13-11;2*1-2-4-8-7(3-1)5-6-9-8/h1-8H;2*1-6H. The van der Waals surface area contributed by atoms with Crippen LogP contribution in [0.4, 0.5) is 0 Å². The van der Waals surface area contributed by atoms with Gasteiger partial charge in [-0.1, -0.05) is 72.8 Å². The van der Waals surface area contributed by atoms with Crippen molar-refractivity contribution in [2.45, 2.75) is 0 Å². The van der Waals surface area contributed by atoms with Crippen molar-refractivity contribution in [1.82, 2.24) is 0 Å². The Morgan fingerprint density at radius 3 is 1.32 bits per heavy atom. The van der Waals surface area contributed by atoms with Gasteiger partial charge in [0, 0.05) is 30.9 Å². The quantitative estimate of drug-likeness (QED) is 0.245. The van der Waals surface area contributed by atoms with Crippen LogP contribution in [0.1, 0.15) is 0 Å². The molecule has 4 aromatic carbocycles. The van der Waals surface area contributed by atoms with E-state index in [2.05, 4.69) is 48.5 Å². The van der Waals surface area contributed by atoms with Crippen LogP contribution in [0.5, 0.6) is 0 Å². The average Bonchev–Trinajstić information content (AvgIpc) is 3.57. The third kappa shape index (κ3) is 4.23. The maximum atomic E-state index is 5.12. The van der Waals surface area contributed by atoms with Gasteiger partial charge in [0.05, 0.1) is 12.5 Å². The molecule has 0 saturated carbocycles. The molecule has 31 heavy (non-hydrogen) atoms. The van der Waals surface area contributed by atoms with E-state index in [4.69, 9.17) is 8.83 Å². The van der Waals surface area contributed by atoms with Gasteiger partial charge in [-0.05, 0) is 36.4 Å². The van der Waals surface area contributed by atoms with E-state index in [0.717, 1.165) is 21.9 Å². The van der Waals surface area contributed by atoms with Gasteiger partial charge in [-0.2, -0.15) is 0 Å². The summed E-state index contributed by atoms with van der Waals surface area (Å²) in [5, 5.41) is 5.08. The molecular formula is C28H20O2S. The predicted molar refractivity (Wildman–Crippen MR) is 132 cm³/mol. The summed E-state index contributed by atoms with van der Waals surface area (Å²) in [5.74, 6) is 0. The third-order valence-electron chi connectivity index (χ3n) is 5.01. The number of rotatable bonds is 0. The fraction of sp³-hybridized carbons (Fsp3) is 0. The van der Waals surface area contributed by atoms with Crippen molar-refractivity contribution in [2.24, 2.45) is 0 Å². The molecule has 7 rings (SSSR count). The van der Waals surface area contributed by atoms with Gasteiger partial charge in [0.15, 0.2) is 0 Å². The van der Waals surface area contributed by atoms with Gasteiger partial charge in [-0.25, -0.2) is 0 Å². The number of hydrogen-bond donors (Lipinski definition) is 0. The van der Waals surface area contributed by atoms with Crippen LogP contribution < -0.4 is 0 Å². The van der Waals surface area contributed by atoms with E-state index < -0.39 is 0 Å². The molecule has 3 aromatic heterocycles. The molecule has 3 heterocycles. The van der Waals surface area contributed by atoms with E-state index in [1.165, 1.54) is 20.2 Å². The molecule has 0 bridgehead atoms. The number of furan rings is 2. The Balaban J connectivity index is 0.000000102. The van der Waals surface area contributed by atoms with E-state index in [-0.39, 0.29) is 0 Å². The van der Waals surface area contributed by atoms with Crippen molar-refractivity contribution in [3.05, 3.63) is 122 Å². The Morgan fingerprint density at radius 1 is 0.419 bits per heavy atom. The Morgan fingerprint density at radius 2 is 0.839 bits per heavy atom. The summed E-state index contributed by atoms with van der Waals surface area (Å²) in [4.78, 5) is 0. The molecule has 0 saturated heterocycles. The molecule has 0 amide bonds. The first-order valence-electron chi connectivity index (χ1n) is 10.1. The largest absolute Gasteiger partial charge is 0.464 e. The zero-order chi connectivity index (χ0) is 20.9. The van der Waals surface area contributed by atoms with Crippen molar-refractivity contribution >= 4 is 53.4 Å². The van der Waals surface area contributed by atoms with Crippen molar-refractivity contribution in [3.63, 3.8) is 0 Å². The summed E-state index contributed by atoms with van der Waals surface area (Å²) in [6, 6.07) is 36.9. The topological polar surface area (TPSA) is 26.3 Å². The summed E-state index contributed by atoms with van der Waals surface area (Å²) in [7, 11) is 0. The van der Waals surface area contributed by atoms with E-state index in [0.29, 0.717) is 0 Å². The molecule has 0 aliphatic rings. The number of fused-ring (bicyclic) bond motifs is 5. The highest BCUT2D eigenvalue weighted by molar-refractivity contribution is 7.25. The molecule has 7 aromatic rings. The van der Waals surface area contributed by atoms with Crippen LogP contribution >= 0.6 is 11.3 Å². The Labute approximate surface area is 184 Å². The summed E-state index contributed by atoms with van der Waals surface area (Å²) >= 11 is 1.86. The number of thiophene rings is 1. The van der Waals surface area contributed by atoms with Crippen molar-refractivity contribution in [2.75, 3.05) is 0 Å². The molecule has 0 aliphatic heterocycles. The maximum Gasteiger partial charge on any atom is 0.133 e. The second kappa shape index (κ2) is 8.90. The van der Waals surface area contributed by atoms with Gasteiger partial charge in [0.2, 0.25) is 0 Å². The van der Waals surface area contributed by atoms with Gasteiger partial charge in [0.25, 0.3) is 0 Å². The van der Waals surface area contributed by atoms with E-state index >= 15 is 0 Å². The Kier molecular flexibility index (Phi) is 5.50. The van der Waals surface area contributed by atoms with Crippen LogP contribution in [0.25, 0.3) is 42.1 Å². The second-order valence-electron chi connectivity index (χ2n) is 7.01. The molecule has 0 spiro atoms.